The molecule has 0 unspecified atom stereocenters. The number of aromatic nitrogens is 2. The van der Waals surface area contributed by atoms with Crippen LogP contribution in [0, 0.1) is 5.92 Å². The van der Waals surface area contributed by atoms with E-state index in [-0.39, 0.29) is 5.91 Å². The molecule has 1 aliphatic carbocycles. The fourth-order valence-corrected chi connectivity index (χ4v) is 3.24. The number of carbonyl (C=O) groups is 1. The van der Waals surface area contributed by atoms with E-state index in [1.165, 1.54) is 0 Å². The first-order chi connectivity index (χ1) is 13.3. The number of hydrogen-bond acceptors (Lipinski definition) is 4. The van der Waals surface area contributed by atoms with E-state index in [0.29, 0.717) is 17.2 Å². The minimum Gasteiger partial charge on any atom is -0.267 e. The van der Waals surface area contributed by atoms with Crippen LogP contribution >= 0.6 is 0 Å². The predicted octanol–water partition coefficient (Wildman–Crippen LogP) is 4.37. The average Bonchev–Trinajstić information content (AvgIpc) is 2.74. The Balaban J connectivity index is 1.64. The van der Waals surface area contributed by atoms with E-state index >= 15 is 0 Å². The molecular weight excluding hydrogens is 336 g/mol. The van der Waals surface area contributed by atoms with Crippen molar-refractivity contribution in [1.82, 2.24) is 15.4 Å². The third-order valence-corrected chi connectivity index (χ3v) is 4.68. The zero-order valence-corrected chi connectivity index (χ0v) is 14.9. The molecule has 5 nitrogen and oxygen atoms in total. The quantitative estimate of drug-likeness (QED) is 0.429. The second kappa shape index (κ2) is 7.91. The molecule has 0 radical (unpaired) electrons. The number of rotatable bonds is 4. The molecule has 0 fully saturated rings. The normalized spacial score (nSPS) is 16.7. The highest BCUT2D eigenvalue weighted by molar-refractivity contribution is 6.07. The van der Waals surface area contributed by atoms with Gasteiger partial charge in [0.25, 0.3) is 5.91 Å². The maximum absolute atomic E-state index is 12.8. The smallest absolute Gasteiger partial charge is 0.267 e. The van der Waals surface area contributed by atoms with Crippen LogP contribution in [0.1, 0.15) is 29.6 Å². The molecule has 0 spiro atoms. The first-order valence-corrected chi connectivity index (χ1v) is 9.10. The Kier molecular flexibility index (Phi) is 5.01. The molecule has 1 amide bonds. The van der Waals surface area contributed by atoms with Crippen molar-refractivity contribution in [3.63, 3.8) is 0 Å². The molecule has 0 saturated carbocycles. The molecule has 134 valence electrons. The molecule has 1 aliphatic rings. The maximum Gasteiger partial charge on any atom is 0.272 e. The van der Waals surface area contributed by atoms with Crippen molar-refractivity contribution in [3.05, 3.63) is 72.6 Å². The molecule has 1 atom stereocenters. The van der Waals surface area contributed by atoms with Gasteiger partial charge in [0.15, 0.2) is 0 Å². The molecule has 2 aromatic heterocycles. The van der Waals surface area contributed by atoms with Gasteiger partial charge in [-0.25, -0.2) is 10.4 Å². The van der Waals surface area contributed by atoms with Gasteiger partial charge in [-0.15, -0.1) is 0 Å². The monoisotopic (exact) mass is 356 g/mol. The zero-order valence-electron chi connectivity index (χ0n) is 14.9. The highest BCUT2D eigenvalue weighted by Crippen LogP contribution is 2.24. The first kappa shape index (κ1) is 17.1. The molecule has 27 heavy (non-hydrogen) atoms. The number of para-hydroxylation sites is 1. The minimum atomic E-state index is -0.235. The molecule has 1 N–H and O–H groups in total. The van der Waals surface area contributed by atoms with Crippen LogP contribution in [0.25, 0.3) is 22.2 Å². The fourth-order valence-electron chi connectivity index (χ4n) is 3.24. The van der Waals surface area contributed by atoms with Gasteiger partial charge in [0.2, 0.25) is 0 Å². The number of benzene rings is 1. The van der Waals surface area contributed by atoms with Gasteiger partial charge in [-0.3, -0.25) is 9.78 Å². The van der Waals surface area contributed by atoms with E-state index < -0.39 is 0 Å². The summed E-state index contributed by atoms with van der Waals surface area (Å²) in [6, 6.07) is 13.2. The van der Waals surface area contributed by atoms with Gasteiger partial charge in [-0.2, -0.15) is 5.10 Å². The van der Waals surface area contributed by atoms with Crippen LogP contribution in [0.2, 0.25) is 0 Å². The predicted molar refractivity (Wildman–Crippen MR) is 107 cm³/mol. The van der Waals surface area contributed by atoms with Gasteiger partial charge in [-0.05, 0) is 49.4 Å². The largest absolute Gasteiger partial charge is 0.272 e. The molecule has 0 saturated heterocycles. The summed E-state index contributed by atoms with van der Waals surface area (Å²) in [6.45, 7) is 0. The summed E-state index contributed by atoms with van der Waals surface area (Å²) in [6.07, 6.45) is 12.8. The van der Waals surface area contributed by atoms with E-state index in [1.807, 2.05) is 42.6 Å². The van der Waals surface area contributed by atoms with Crippen molar-refractivity contribution < 1.29 is 4.79 Å². The van der Waals surface area contributed by atoms with Crippen LogP contribution in [0.5, 0.6) is 0 Å². The van der Waals surface area contributed by atoms with Crippen molar-refractivity contribution >= 4 is 23.0 Å². The summed E-state index contributed by atoms with van der Waals surface area (Å²) in [7, 11) is 0. The second-order valence-corrected chi connectivity index (χ2v) is 6.58. The molecule has 4 rings (SSSR count). The summed E-state index contributed by atoms with van der Waals surface area (Å²) >= 11 is 0. The lowest BCUT2D eigenvalue weighted by atomic mass is 9.96. The average molecular weight is 356 g/mol. The second-order valence-electron chi connectivity index (χ2n) is 6.58. The Labute approximate surface area is 157 Å². The maximum atomic E-state index is 12.8. The van der Waals surface area contributed by atoms with Crippen molar-refractivity contribution in [2.75, 3.05) is 0 Å². The summed E-state index contributed by atoms with van der Waals surface area (Å²) in [5, 5.41) is 4.99. The number of allylic oxidation sites excluding steroid dienone is 2. The van der Waals surface area contributed by atoms with Gasteiger partial charge in [0.1, 0.15) is 0 Å². The van der Waals surface area contributed by atoms with Crippen LogP contribution in [0.3, 0.4) is 0 Å². The van der Waals surface area contributed by atoms with E-state index in [9.17, 15) is 4.79 Å². The van der Waals surface area contributed by atoms with Crippen LogP contribution in [0.15, 0.2) is 72.1 Å². The highest BCUT2D eigenvalue weighted by atomic mass is 16.2. The first-order valence-electron chi connectivity index (χ1n) is 9.10. The number of amides is 1. The van der Waals surface area contributed by atoms with Gasteiger partial charge in [0.05, 0.1) is 16.8 Å². The van der Waals surface area contributed by atoms with E-state index in [4.69, 9.17) is 0 Å². The number of nitrogens with zero attached hydrogens (tertiary/aromatic N) is 3. The molecule has 1 aromatic carbocycles. The van der Waals surface area contributed by atoms with E-state index in [1.54, 1.807) is 18.5 Å². The van der Waals surface area contributed by atoms with E-state index in [2.05, 4.69) is 32.6 Å². The Morgan fingerprint density at radius 1 is 1.19 bits per heavy atom. The molecule has 0 bridgehead atoms. The number of pyridine rings is 2. The highest BCUT2D eigenvalue weighted by Gasteiger charge is 2.14. The lowest BCUT2D eigenvalue weighted by molar-refractivity contribution is 0.0956. The van der Waals surface area contributed by atoms with Crippen LogP contribution < -0.4 is 5.43 Å². The lowest BCUT2D eigenvalue weighted by Crippen LogP contribution is -2.19. The van der Waals surface area contributed by atoms with Crippen molar-refractivity contribution in [3.8, 4) is 11.3 Å². The van der Waals surface area contributed by atoms with Crippen molar-refractivity contribution in [2.24, 2.45) is 11.0 Å². The lowest BCUT2D eigenvalue weighted by Gasteiger charge is -2.12. The van der Waals surface area contributed by atoms with Gasteiger partial charge >= 0.3 is 0 Å². The number of fused-ring (bicyclic) bond motifs is 1. The molecule has 5 heteroatoms. The number of nitrogens with one attached hydrogen (secondary N) is 1. The number of hydrogen-bond donors (Lipinski definition) is 1. The molecule has 2 heterocycles. The summed E-state index contributed by atoms with van der Waals surface area (Å²) < 4.78 is 0. The Morgan fingerprint density at radius 3 is 2.93 bits per heavy atom. The summed E-state index contributed by atoms with van der Waals surface area (Å²) in [4.78, 5) is 21.6. The van der Waals surface area contributed by atoms with Crippen molar-refractivity contribution in [1.29, 1.82) is 0 Å². The Bertz CT molecular complexity index is 1010. The number of carbonyl (C=O) groups excluding carboxylic acids is 1. The standard InChI is InChI=1S/C22H20N4O/c27-22(26-24-14-16-7-2-1-3-8-16)19-13-21(17-9-6-12-23-15-17)25-20-11-5-4-10-18(19)20/h1-2,4-6,9-16H,3,7-8H2,(H,26,27)/b24-14-/t16-/m1/s1. The minimum absolute atomic E-state index is 0.235. The Morgan fingerprint density at radius 2 is 2.11 bits per heavy atom. The SMILES string of the molecule is O=C(N/N=C\[C@@H]1CC=CCC1)c1cc(-c2cccnc2)nc2ccccc12. The number of hydrazone groups is 1. The van der Waals surface area contributed by atoms with Gasteiger partial charge in [0, 0.05) is 29.6 Å². The van der Waals surface area contributed by atoms with E-state index in [0.717, 1.165) is 35.7 Å². The third-order valence-electron chi connectivity index (χ3n) is 4.68. The van der Waals surface area contributed by atoms with Crippen molar-refractivity contribution in [2.45, 2.75) is 19.3 Å². The topological polar surface area (TPSA) is 67.2 Å². The van der Waals surface area contributed by atoms with Gasteiger partial charge in [-0.1, -0.05) is 30.4 Å². The third kappa shape index (κ3) is 3.92. The molecule has 3 aromatic rings. The summed E-state index contributed by atoms with van der Waals surface area (Å²) in [5.74, 6) is 0.150. The molecule has 0 aliphatic heterocycles. The zero-order chi connectivity index (χ0) is 18.5. The summed E-state index contributed by atoms with van der Waals surface area (Å²) in [5.41, 5.74) is 5.59. The van der Waals surface area contributed by atoms with Gasteiger partial charge < -0.3 is 0 Å². The van der Waals surface area contributed by atoms with Crippen LogP contribution in [-0.2, 0) is 0 Å². The Hall–Kier alpha value is -3.34. The van der Waals surface area contributed by atoms with Crippen LogP contribution in [-0.4, -0.2) is 22.1 Å². The van der Waals surface area contributed by atoms with Crippen LogP contribution in [0.4, 0.5) is 0 Å². The fraction of sp³-hybridized carbons (Fsp3) is 0.182. The molecular formula is C22H20N4O.